The zero-order valence-corrected chi connectivity index (χ0v) is 14.1. The Balaban J connectivity index is 1.91. The highest BCUT2D eigenvalue weighted by Crippen LogP contribution is 2.25. The molecule has 1 saturated heterocycles. The van der Waals surface area contributed by atoms with Gasteiger partial charge in [0.25, 0.3) is 0 Å². The van der Waals surface area contributed by atoms with Crippen molar-refractivity contribution in [1.82, 2.24) is 24.4 Å². The van der Waals surface area contributed by atoms with Gasteiger partial charge in [-0.15, -0.1) is 0 Å². The number of aromatic nitrogens is 4. The molecule has 0 radical (unpaired) electrons. The summed E-state index contributed by atoms with van der Waals surface area (Å²) in [6.45, 7) is 1.28. The molecule has 3 aromatic rings. The lowest BCUT2D eigenvalue weighted by molar-refractivity contribution is -0.137. The first-order valence-electron chi connectivity index (χ1n) is 8.59. The van der Waals surface area contributed by atoms with Crippen LogP contribution in [0.15, 0.2) is 41.6 Å². The lowest BCUT2D eigenvalue weighted by Gasteiger charge is -2.23. The largest absolute Gasteiger partial charge is 0.480 e. The van der Waals surface area contributed by atoms with Crippen LogP contribution < -0.4 is 11.0 Å². The van der Waals surface area contributed by atoms with Gasteiger partial charge in [-0.3, -0.25) is 18.9 Å². The average Bonchev–Trinajstić information content (AvgIpc) is 2.94. The van der Waals surface area contributed by atoms with Gasteiger partial charge in [-0.1, -0.05) is 6.07 Å². The minimum Gasteiger partial charge on any atom is -0.480 e. The minimum atomic E-state index is -1.05. The Kier molecular flexibility index (Phi) is 4.26. The lowest BCUT2D eigenvalue weighted by atomic mass is 10.1. The molecule has 0 spiro atoms. The van der Waals surface area contributed by atoms with Crippen molar-refractivity contribution in [3.05, 3.63) is 47.3 Å². The molecule has 1 aliphatic heterocycles. The normalized spacial score (nSPS) is 15.4. The first-order valence-corrected chi connectivity index (χ1v) is 8.59. The molecule has 2 N–H and O–H groups in total. The van der Waals surface area contributed by atoms with Crippen molar-refractivity contribution in [1.29, 1.82) is 0 Å². The molecule has 0 amide bonds. The summed E-state index contributed by atoms with van der Waals surface area (Å²) in [4.78, 5) is 32.9. The highest BCUT2D eigenvalue weighted by molar-refractivity contribution is 5.80. The molecule has 4 heterocycles. The van der Waals surface area contributed by atoms with E-state index in [0.29, 0.717) is 11.2 Å². The van der Waals surface area contributed by atoms with Gasteiger partial charge in [0.1, 0.15) is 6.54 Å². The van der Waals surface area contributed by atoms with E-state index in [9.17, 15) is 14.7 Å². The van der Waals surface area contributed by atoms with Crippen molar-refractivity contribution in [3.63, 3.8) is 0 Å². The molecule has 8 nitrogen and oxygen atoms in total. The Bertz CT molecular complexity index is 1000. The molecule has 0 atom stereocenters. The zero-order valence-electron chi connectivity index (χ0n) is 14.1. The maximum atomic E-state index is 13.0. The predicted octanol–water partition coefficient (Wildman–Crippen LogP) is 1.27. The van der Waals surface area contributed by atoms with Crippen molar-refractivity contribution in [3.8, 4) is 11.1 Å². The maximum absolute atomic E-state index is 13.0. The number of pyridine rings is 2. The van der Waals surface area contributed by atoms with E-state index in [1.54, 1.807) is 23.2 Å². The summed E-state index contributed by atoms with van der Waals surface area (Å²) in [5.74, 6) is -1.05. The summed E-state index contributed by atoms with van der Waals surface area (Å²) in [6, 6.07) is 5.57. The first kappa shape index (κ1) is 16.5. The van der Waals surface area contributed by atoms with Crippen LogP contribution in [0.25, 0.3) is 22.3 Å². The molecule has 3 aromatic heterocycles. The van der Waals surface area contributed by atoms with E-state index < -0.39 is 5.97 Å². The molecule has 0 bridgehead atoms. The minimum absolute atomic E-state index is 0.0260. The van der Waals surface area contributed by atoms with E-state index in [1.165, 1.54) is 4.57 Å². The number of carboxylic acids is 1. The predicted molar refractivity (Wildman–Crippen MR) is 96.0 cm³/mol. The van der Waals surface area contributed by atoms with Crippen LogP contribution in [0, 0.1) is 0 Å². The second kappa shape index (κ2) is 6.72. The molecule has 0 aliphatic carbocycles. The summed E-state index contributed by atoms with van der Waals surface area (Å²) in [6.07, 6.45) is 6.74. The maximum Gasteiger partial charge on any atom is 0.331 e. The van der Waals surface area contributed by atoms with Gasteiger partial charge in [0.15, 0.2) is 5.65 Å². The van der Waals surface area contributed by atoms with Crippen LogP contribution in [0.4, 0.5) is 0 Å². The second-order valence-corrected chi connectivity index (χ2v) is 6.42. The van der Waals surface area contributed by atoms with Gasteiger partial charge in [0.2, 0.25) is 0 Å². The van der Waals surface area contributed by atoms with Crippen LogP contribution in [0.3, 0.4) is 0 Å². The van der Waals surface area contributed by atoms with Gasteiger partial charge < -0.3 is 10.4 Å². The van der Waals surface area contributed by atoms with E-state index >= 15 is 0 Å². The van der Waals surface area contributed by atoms with Gasteiger partial charge in [0.05, 0.1) is 5.52 Å². The van der Waals surface area contributed by atoms with E-state index in [1.807, 2.05) is 18.2 Å². The van der Waals surface area contributed by atoms with Crippen molar-refractivity contribution < 1.29 is 9.90 Å². The Morgan fingerprint density at radius 2 is 2.08 bits per heavy atom. The van der Waals surface area contributed by atoms with Crippen molar-refractivity contribution in [2.45, 2.75) is 25.4 Å². The summed E-state index contributed by atoms with van der Waals surface area (Å²) in [7, 11) is 0. The van der Waals surface area contributed by atoms with Gasteiger partial charge in [0, 0.05) is 35.8 Å². The molecule has 0 saturated carbocycles. The molecular formula is C18H19N5O3. The summed E-state index contributed by atoms with van der Waals surface area (Å²) < 4.78 is 2.96. The van der Waals surface area contributed by atoms with E-state index in [-0.39, 0.29) is 18.3 Å². The van der Waals surface area contributed by atoms with Gasteiger partial charge in [-0.05, 0) is 38.1 Å². The molecule has 1 fully saturated rings. The van der Waals surface area contributed by atoms with Crippen molar-refractivity contribution in [2.24, 2.45) is 0 Å². The molecule has 0 unspecified atom stereocenters. The Labute approximate surface area is 149 Å². The number of nitrogens with zero attached hydrogens (tertiary/aromatic N) is 4. The third kappa shape index (κ3) is 2.88. The summed E-state index contributed by atoms with van der Waals surface area (Å²) in [5.41, 5.74) is 2.43. The number of rotatable bonds is 4. The highest BCUT2D eigenvalue weighted by Gasteiger charge is 2.24. The van der Waals surface area contributed by atoms with Gasteiger partial charge >= 0.3 is 11.7 Å². The van der Waals surface area contributed by atoms with Crippen molar-refractivity contribution >= 4 is 17.1 Å². The molecule has 8 heteroatoms. The fraction of sp³-hybridized carbons (Fsp3) is 0.333. The number of piperidine rings is 1. The first-order chi connectivity index (χ1) is 12.6. The number of fused-ring (bicyclic) bond motifs is 1. The molecule has 4 rings (SSSR count). The molecule has 26 heavy (non-hydrogen) atoms. The average molecular weight is 353 g/mol. The van der Waals surface area contributed by atoms with Gasteiger partial charge in [-0.25, -0.2) is 9.78 Å². The standard InChI is InChI=1S/C18H19N5O3/c24-16(25)11-22-15-8-13(12-2-1-5-20-9-12)10-21-17(15)23(18(22)26)14-3-6-19-7-4-14/h1-2,5,8-10,14,19H,3-4,6-7,11H2,(H,24,25). The monoisotopic (exact) mass is 353 g/mol. The van der Waals surface area contributed by atoms with Crippen molar-refractivity contribution in [2.75, 3.05) is 13.1 Å². The molecule has 0 aromatic carbocycles. The fourth-order valence-corrected chi connectivity index (χ4v) is 3.53. The Morgan fingerprint density at radius 3 is 2.77 bits per heavy atom. The van der Waals surface area contributed by atoms with E-state index in [0.717, 1.165) is 37.1 Å². The SMILES string of the molecule is O=C(O)Cn1c(=O)n(C2CCNCC2)c2ncc(-c3cccnc3)cc21. The number of carbonyl (C=O) groups is 1. The van der Waals surface area contributed by atoms with Crippen LogP contribution in [0.2, 0.25) is 0 Å². The molecular weight excluding hydrogens is 334 g/mol. The number of hydrogen-bond donors (Lipinski definition) is 2. The quantitative estimate of drug-likeness (QED) is 0.732. The van der Waals surface area contributed by atoms with Gasteiger partial charge in [-0.2, -0.15) is 0 Å². The van der Waals surface area contributed by atoms with E-state index in [4.69, 9.17) is 0 Å². The summed E-state index contributed by atoms with van der Waals surface area (Å²) in [5, 5.41) is 12.5. The number of nitrogens with one attached hydrogen (secondary N) is 1. The van der Waals surface area contributed by atoms with Crippen LogP contribution >= 0.6 is 0 Å². The third-order valence-corrected chi connectivity index (χ3v) is 4.77. The lowest BCUT2D eigenvalue weighted by Crippen LogP contribution is -2.35. The number of imidazole rings is 1. The number of carboxylic acid groups (broad SMARTS) is 1. The van der Waals surface area contributed by atoms with Crippen LogP contribution in [-0.2, 0) is 11.3 Å². The fourth-order valence-electron chi connectivity index (χ4n) is 3.53. The zero-order chi connectivity index (χ0) is 18.1. The second-order valence-electron chi connectivity index (χ2n) is 6.42. The van der Waals surface area contributed by atoms with Crippen LogP contribution in [0.1, 0.15) is 18.9 Å². The number of aliphatic carboxylic acids is 1. The van der Waals surface area contributed by atoms with Crippen LogP contribution in [0.5, 0.6) is 0 Å². The summed E-state index contributed by atoms with van der Waals surface area (Å²) >= 11 is 0. The van der Waals surface area contributed by atoms with E-state index in [2.05, 4.69) is 15.3 Å². The Morgan fingerprint density at radius 1 is 1.27 bits per heavy atom. The highest BCUT2D eigenvalue weighted by atomic mass is 16.4. The topological polar surface area (TPSA) is 102 Å². The van der Waals surface area contributed by atoms with Crippen LogP contribution in [-0.4, -0.2) is 43.3 Å². The molecule has 1 aliphatic rings. The molecule has 134 valence electrons. The third-order valence-electron chi connectivity index (χ3n) is 4.77. The number of hydrogen-bond acceptors (Lipinski definition) is 5. The Hall–Kier alpha value is -3.00. The smallest absolute Gasteiger partial charge is 0.331 e.